The monoisotopic (exact) mass is 409 g/mol. The Morgan fingerprint density at radius 3 is 2.48 bits per heavy atom. The lowest BCUT2D eigenvalue weighted by molar-refractivity contribution is 0.201. The molecular formula is C22H27N5OS. The molecule has 1 saturated heterocycles. The molecule has 29 heavy (non-hydrogen) atoms. The highest BCUT2D eigenvalue weighted by atomic mass is 32.1. The normalized spacial score (nSPS) is 14.9. The maximum Gasteiger partial charge on any atom is 0.207 e. The molecule has 0 unspecified atom stereocenters. The summed E-state index contributed by atoms with van der Waals surface area (Å²) in [5.74, 6) is 0.823. The Kier molecular flexibility index (Phi) is 6.71. The van der Waals surface area contributed by atoms with Crippen LogP contribution in [0.2, 0.25) is 0 Å². The third kappa shape index (κ3) is 5.53. The SMILES string of the molecule is COCCc1nsc(Nc2ccc(N3CCN(Cc4ccccc4)CC3)cc2)n1. The summed E-state index contributed by atoms with van der Waals surface area (Å²) in [4.78, 5) is 9.48. The number of hydrogen-bond acceptors (Lipinski definition) is 7. The highest BCUT2D eigenvalue weighted by molar-refractivity contribution is 7.09. The van der Waals surface area contributed by atoms with Gasteiger partial charge in [-0.05, 0) is 29.8 Å². The van der Waals surface area contributed by atoms with E-state index in [0.29, 0.717) is 6.61 Å². The quantitative estimate of drug-likeness (QED) is 0.611. The van der Waals surface area contributed by atoms with Crippen LogP contribution < -0.4 is 10.2 Å². The fourth-order valence-electron chi connectivity index (χ4n) is 3.48. The molecule has 0 amide bonds. The lowest BCUT2D eigenvalue weighted by Crippen LogP contribution is -2.45. The number of aromatic nitrogens is 2. The van der Waals surface area contributed by atoms with E-state index < -0.39 is 0 Å². The molecular weight excluding hydrogens is 382 g/mol. The largest absolute Gasteiger partial charge is 0.384 e. The van der Waals surface area contributed by atoms with E-state index in [-0.39, 0.29) is 0 Å². The highest BCUT2D eigenvalue weighted by Gasteiger charge is 2.17. The number of benzene rings is 2. The Bertz CT molecular complexity index is 876. The van der Waals surface area contributed by atoms with Crippen LogP contribution in [0, 0.1) is 0 Å². The molecule has 0 aliphatic carbocycles. The summed E-state index contributed by atoms with van der Waals surface area (Å²) in [5.41, 5.74) is 3.69. The molecule has 2 heterocycles. The standard InChI is InChI=1S/C22H27N5OS/c1-28-16-11-21-24-22(29-25-21)23-19-7-9-20(10-8-19)27-14-12-26(13-15-27)17-18-5-3-2-4-6-18/h2-10H,11-17H2,1H3,(H,23,24,25). The Morgan fingerprint density at radius 2 is 1.76 bits per heavy atom. The van der Waals surface area contributed by atoms with E-state index in [9.17, 15) is 0 Å². The molecule has 4 rings (SSSR count). The van der Waals surface area contributed by atoms with Crippen LogP contribution in [-0.2, 0) is 17.7 Å². The number of methoxy groups -OCH3 is 1. The molecule has 1 fully saturated rings. The number of anilines is 3. The molecule has 1 N–H and O–H groups in total. The van der Waals surface area contributed by atoms with Crippen LogP contribution in [0.1, 0.15) is 11.4 Å². The predicted octanol–water partition coefficient (Wildman–Crippen LogP) is 3.79. The summed E-state index contributed by atoms with van der Waals surface area (Å²) in [6.07, 6.45) is 0.740. The van der Waals surface area contributed by atoms with E-state index in [4.69, 9.17) is 4.74 Å². The van der Waals surface area contributed by atoms with Gasteiger partial charge in [0.15, 0.2) is 0 Å². The lowest BCUT2D eigenvalue weighted by Gasteiger charge is -2.36. The molecule has 0 radical (unpaired) electrons. The maximum absolute atomic E-state index is 5.08. The number of rotatable bonds is 8. The molecule has 1 aliphatic heterocycles. The summed E-state index contributed by atoms with van der Waals surface area (Å²) < 4.78 is 9.43. The third-order valence-electron chi connectivity index (χ3n) is 5.10. The topological polar surface area (TPSA) is 53.5 Å². The first-order valence-electron chi connectivity index (χ1n) is 10.00. The average Bonchev–Trinajstić information content (AvgIpc) is 3.21. The van der Waals surface area contributed by atoms with E-state index in [1.54, 1.807) is 7.11 Å². The van der Waals surface area contributed by atoms with E-state index in [1.807, 2.05) is 0 Å². The van der Waals surface area contributed by atoms with Crippen molar-refractivity contribution in [1.82, 2.24) is 14.3 Å². The van der Waals surface area contributed by atoms with Gasteiger partial charge >= 0.3 is 0 Å². The van der Waals surface area contributed by atoms with E-state index >= 15 is 0 Å². The second kappa shape index (κ2) is 9.82. The van der Waals surface area contributed by atoms with E-state index in [2.05, 4.69) is 79.1 Å². The fourth-order valence-corrected chi connectivity index (χ4v) is 4.12. The van der Waals surface area contributed by atoms with Gasteiger partial charge in [0.2, 0.25) is 5.13 Å². The van der Waals surface area contributed by atoms with Crippen molar-refractivity contribution < 1.29 is 4.74 Å². The molecule has 152 valence electrons. The van der Waals surface area contributed by atoms with Gasteiger partial charge in [0.1, 0.15) is 5.82 Å². The second-order valence-corrected chi connectivity index (χ2v) is 7.93. The number of hydrogen-bond donors (Lipinski definition) is 1. The van der Waals surface area contributed by atoms with Crippen molar-refractivity contribution in [3.8, 4) is 0 Å². The molecule has 0 atom stereocenters. The summed E-state index contributed by atoms with van der Waals surface area (Å²) in [7, 11) is 1.69. The minimum atomic E-state index is 0.642. The van der Waals surface area contributed by atoms with E-state index in [0.717, 1.165) is 55.8 Å². The molecule has 3 aromatic rings. The summed E-state index contributed by atoms with van der Waals surface area (Å²) >= 11 is 1.38. The third-order valence-corrected chi connectivity index (χ3v) is 5.77. The first-order valence-corrected chi connectivity index (χ1v) is 10.8. The van der Waals surface area contributed by atoms with Gasteiger partial charge in [-0.1, -0.05) is 30.3 Å². The Balaban J connectivity index is 1.28. The van der Waals surface area contributed by atoms with Crippen LogP contribution in [0.4, 0.5) is 16.5 Å². The van der Waals surface area contributed by atoms with Crippen molar-refractivity contribution in [1.29, 1.82) is 0 Å². The zero-order valence-electron chi connectivity index (χ0n) is 16.8. The Labute approximate surface area is 176 Å². The number of ether oxygens (including phenoxy) is 1. The number of piperazine rings is 1. The lowest BCUT2D eigenvalue weighted by atomic mass is 10.2. The molecule has 1 aromatic heterocycles. The van der Waals surface area contributed by atoms with Crippen LogP contribution in [0.25, 0.3) is 0 Å². The van der Waals surface area contributed by atoms with Crippen molar-refractivity contribution in [2.24, 2.45) is 0 Å². The molecule has 6 nitrogen and oxygen atoms in total. The first kappa shape index (κ1) is 19.8. The minimum absolute atomic E-state index is 0.642. The number of nitrogens with one attached hydrogen (secondary N) is 1. The zero-order valence-corrected chi connectivity index (χ0v) is 17.6. The molecule has 1 aliphatic rings. The van der Waals surface area contributed by atoms with Crippen LogP contribution in [0.15, 0.2) is 54.6 Å². The van der Waals surface area contributed by atoms with Crippen LogP contribution in [0.3, 0.4) is 0 Å². The zero-order chi connectivity index (χ0) is 19.9. The highest BCUT2D eigenvalue weighted by Crippen LogP contribution is 2.23. The smallest absolute Gasteiger partial charge is 0.207 e. The molecule has 2 aromatic carbocycles. The fraction of sp³-hybridized carbons (Fsp3) is 0.364. The second-order valence-electron chi connectivity index (χ2n) is 7.18. The van der Waals surface area contributed by atoms with E-state index in [1.165, 1.54) is 22.8 Å². The Morgan fingerprint density at radius 1 is 1.00 bits per heavy atom. The van der Waals surface area contributed by atoms with Crippen LogP contribution in [0.5, 0.6) is 0 Å². The molecule has 0 spiro atoms. The summed E-state index contributed by atoms with van der Waals surface area (Å²) in [5, 5.41) is 4.16. The van der Waals surface area contributed by atoms with Crippen molar-refractivity contribution >= 4 is 28.0 Å². The van der Waals surface area contributed by atoms with Crippen molar-refractivity contribution in [2.75, 3.05) is 50.1 Å². The van der Waals surface area contributed by atoms with Gasteiger partial charge in [-0.25, -0.2) is 4.98 Å². The van der Waals surface area contributed by atoms with Gasteiger partial charge in [-0.15, -0.1) is 0 Å². The summed E-state index contributed by atoms with van der Waals surface area (Å²) in [6.45, 7) is 5.96. The maximum atomic E-state index is 5.08. The number of nitrogens with zero attached hydrogens (tertiary/aromatic N) is 4. The predicted molar refractivity (Wildman–Crippen MR) is 119 cm³/mol. The van der Waals surface area contributed by atoms with Crippen LogP contribution in [-0.4, -0.2) is 54.2 Å². The van der Waals surface area contributed by atoms with Crippen molar-refractivity contribution in [3.63, 3.8) is 0 Å². The summed E-state index contributed by atoms with van der Waals surface area (Å²) in [6, 6.07) is 19.3. The molecule has 7 heteroatoms. The van der Waals surface area contributed by atoms with Gasteiger partial charge in [0, 0.05) is 69.2 Å². The van der Waals surface area contributed by atoms with Crippen molar-refractivity contribution in [2.45, 2.75) is 13.0 Å². The minimum Gasteiger partial charge on any atom is -0.384 e. The van der Waals surface area contributed by atoms with Crippen LogP contribution >= 0.6 is 11.5 Å². The van der Waals surface area contributed by atoms with Gasteiger partial charge in [0.05, 0.1) is 6.61 Å². The Hall–Kier alpha value is -2.48. The first-order chi connectivity index (χ1) is 14.3. The van der Waals surface area contributed by atoms with Gasteiger partial charge in [-0.2, -0.15) is 4.37 Å². The van der Waals surface area contributed by atoms with Crippen molar-refractivity contribution in [3.05, 3.63) is 66.0 Å². The molecule has 0 saturated carbocycles. The molecule has 0 bridgehead atoms. The van der Waals surface area contributed by atoms with Gasteiger partial charge in [-0.3, -0.25) is 4.90 Å². The van der Waals surface area contributed by atoms with Gasteiger partial charge < -0.3 is 15.0 Å². The van der Waals surface area contributed by atoms with Gasteiger partial charge in [0.25, 0.3) is 0 Å². The average molecular weight is 410 g/mol.